The first-order chi connectivity index (χ1) is 12.8. The first-order valence-corrected chi connectivity index (χ1v) is 10.5. The number of hydrogen-bond donors (Lipinski definition) is 1. The van der Waals surface area contributed by atoms with Crippen LogP contribution < -0.4 is 5.32 Å². The topological polar surface area (TPSA) is 55.9 Å². The molecule has 1 aliphatic carbocycles. The molecular weight excluding hydrogens is 340 g/mol. The summed E-state index contributed by atoms with van der Waals surface area (Å²) < 4.78 is 0. The molecule has 0 unspecified atom stereocenters. The number of likely N-dealkylation sites (tertiary alicyclic amines) is 1. The zero-order valence-electron chi connectivity index (χ0n) is 17.8. The molecule has 1 saturated carbocycles. The average molecular weight is 379 g/mol. The Morgan fingerprint density at radius 1 is 1.22 bits per heavy atom. The van der Waals surface area contributed by atoms with Gasteiger partial charge in [0.05, 0.1) is 0 Å². The van der Waals surface area contributed by atoms with E-state index in [1.165, 1.54) is 0 Å². The molecule has 3 atom stereocenters. The van der Waals surface area contributed by atoms with Gasteiger partial charge < -0.3 is 15.1 Å². The quantitative estimate of drug-likeness (QED) is 0.692. The van der Waals surface area contributed by atoms with Gasteiger partial charge in [0.1, 0.15) is 0 Å². The van der Waals surface area contributed by atoms with Crippen LogP contribution in [0.5, 0.6) is 0 Å². The Hall–Kier alpha value is -1.56. The van der Waals surface area contributed by atoms with E-state index in [1.54, 1.807) is 4.90 Å². The van der Waals surface area contributed by atoms with Crippen molar-refractivity contribution in [3.05, 3.63) is 11.8 Å². The van der Waals surface area contributed by atoms with Gasteiger partial charge in [-0.3, -0.25) is 9.69 Å². The molecule has 154 valence electrons. The predicted molar refractivity (Wildman–Crippen MR) is 110 cm³/mol. The number of nitrogens with zero attached hydrogens (tertiary/aromatic N) is 3. The molecule has 1 aliphatic heterocycles. The first kappa shape index (κ1) is 21.7. The Morgan fingerprint density at radius 3 is 2.59 bits per heavy atom. The monoisotopic (exact) mass is 378 g/mol. The maximum absolute atomic E-state index is 12.6. The second-order valence-corrected chi connectivity index (χ2v) is 8.43. The van der Waals surface area contributed by atoms with Gasteiger partial charge in [-0.05, 0) is 38.1 Å². The van der Waals surface area contributed by atoms with E-state index in [0.29, 0.717) is 18.4 Å². The lowest BCUT2D eigenvalue weighted by atomic mass is 9.74. The minimum atomic E-state index is 0.0127. The van der Waals surface area contributed by atoms with Crippen LogP contribution in [0.15, 0.2) is 11.8 Å². The molecule has 2 fully saturated rings. The number of fused-ring (bicyclic) bond motifs is 1. The lowest BCUT2D eigenvalue weighted by molar-refractivity contribution is -0.119. The van der Waals surface area contributed by atoms with Gasteiger partial charge >= 0.3 is 6.03 Å². The number of piperidine rings is 1. The smallest absolute Gasteiger partial charge is 0.317 e. The van der Waals surface area contributed by atoms with Crippen molar-refractivity contribution in [3.63, 3.8) is 0 Å². The zero-order valence-corrected chi connectivity index (χ0v) is 17.8. The van der Waals surface area contributed by atoms with Gasteiger partial charge in [-0.15, -0.1) is 0 Å². The molecule has 1 N–H and O–H groups in total. The highest BCUT2D eigenvalue weighted by Crippen LogP contribution is 2.36. The summed E-state index contributed by atoms with van der Waals surface area (Å²) in [4.78, 5) is 31.3. The maximum atomic E-state index is 12.6. The molecule has 1 heterocycles. The molecule has 1 saturated heterocycles. The van der Waals surface area contributed by atoms with Gasteiger partial charge in [0.25, 0.3) is 0 Å². The zero-order chi connectivity index (χ0) is 20.0. The van der Waals surface area contributed by atoms with Crippen LogP contribution in [0.3, 0.4) is 0 Å². The Labute approximate surface area is 164 Å². The molecule has 2 amide bonds. The number of hydrogen-bond acceptors (Lipinski definition) is 4. The fourth-order valence-electron chi connectivity index (χ4n) is 4.40. The van der Waals surface area contributed by atoms with Gasteiger partial charge in [-0.2, -0.15) is 0 Å². The molecule has 2 rings (SSSR count). The molecular formula is C21H38N4O2. The summed E-state index contributed by atoms with van der Waals surface area (Å²) in [5, 5.41) is 3.22. The summed E-state index contributed by atoms with van der Waals surface area (Å²) in [6.45, 7) is 7.01. The third-order valence-electron chi connectivity index (χ3n) is 5.74. The van der Waals surface area contributed by atoms with E-state index >= 15 is 0 Å². The van der Waals surface area contributed by atoms with Crippen molar-refractivity contribution in [2.24, 2.45) is 5.92 Å². The number of urea groups is 1. The number of amides is 2. The number of carbonyl (C=O) groups is 2. The third-order valence-corrected chi connectivity index (χ3v) is 5.74. The summed E-state index contributed by atoms with van der Waals surface area (Å²) in [6.07, 6.45) is 7.51. The van der Waals surface area contributed by atoms with Crippen molar-refractivity contribution in [3.8, 4) is 0 Å². The average Bonchev–Trinajstić information content (AvgIpc) is 2.60. The van der Waals surface area contributed by atoms with E-state index in [2.05, 4.69) is 24.1 Å². The van der Waals surface area contributed by atoms with Crippen LogP contribution in [-0.4, -0.2) is 79.4 Å². The molecule has 0 aromatic rings. The molecule has 6 nitrogen and oxygen atoms in total. The Balaban J connectivity index is 2.04. The molecule has 27 heavy (non-hydrogen) atoms. The minimum absolute atomic E-state index is 0.0127. The van der Waals surface area contributed by atoms with E-state index in [1.807, 2.05) is 32.2 Å². The SMILES string of the molecule is CCCCN(C)C(=O)N[C@H]1C[C@@H]2CC(=O)C(=CN(C)C)C[C@H]2N(CCC)C1. The van der Waals surface area contributed by atoms with Crippen LogP contribution in [0.2, 0.25) is 0 Å². The number of ketones is 1. The van der Waals surface area contributed by atoms with Crippen LogP contribution in [0.1, 0.15) is 52.4 Å². The normalized spacial score (nSPS) is 27.4. The number of Topliss-reactive ketones (excluding diaryl/α,β-unsaturated/α-hetero) is 1. The summed E-state index contributed by atoms with van der Waals surface area (Å²) in [5.74, 6) is 0.608. The number of unbranched alkanes of at least 4 members (excludes halogenated alkanes) is 1. The molecule has 0 aromatic carbocycles. The molecule has 2 aliphatic rings. The molecule has 0 spiro atoms. The first-order valence-electron chi connectivity index (χ1n) is 10.5. The Bertz CT molecular complexity index is 546. The van der Waals surface area contributed by atoms with Gasteiger partial charge in [0.15, 0.2) is 5.78 Å². The van der Waals surface area contributed by atoms with Crippen molar-refractivity contribution in [2.75, 3.05) is 40.8 Å². The maximum Gasteiger partial charge on any atom is 0.317 e. The fraction of sp³-hybridized carbons (Fsp3) is 0.810. The van der Waals surface area contributed by atoms with E-state index in [4.69, 9.17) is 0 Å². The largest absolute Gasteiger partial charge is 0.383 e. The van der Waals surface area contributed by atoms with Crippen molar-refractivity contribution in [1.82, 2.24) is 20.0 Å². The highest BCUT2D eigenvalue weighted by Gasteiger charge is 2.41. The molecule has 6 heteroatoms. The summed E-state index contributed by atoms with van der Waals surface area (Å²) in [5.41, 5.74) is 0.948. The highest BCUT2D eigenvalue weighted by atomic mass is 16.2. The summed E-state index contributed by atoms with van der Waals surface area (Å²) >= 11 is 0. The second kappa shape index (κ2) is 10.1. The van der Waals surface area contributed by atoms with E-state index in [9.17, 15) is 9.59 Å². The second-order valence-electron chi connectivity index (χ2n) is 8.43. The van der Waals surface area contributed by atoms with E-state index < -0.39 is 0 Å². The van der Waals surface area contributed by atoms with Crippen molar-refractivity contribution >= 4 is 11.8 Å². The van der Waals surface area contributed by atoms with Crippen LogP contribution >= 0.6 is 0 Å². The van der Waals surface area contributed by atoms with Gasteiger partial charge in [-0.25, -0.2) is 4.79 Å². The summed E-state index contributed by atoms with van der Waals surface area (Å²) in [7, 11) is 5.80. The Morgan fingerprint density at radius 2 is 1.96 bits per heavy atom. The lowest BCUT2D eigenvalue weighted by Gasteiger charge is -2.47. The van der Waals surface area contributed by atoms with E-state index in [0.717, 1.165) is 57.3 Å². The van der Waals surface area contributed by atoms with Gasteiger partial charge in [0, 0.05) is 64.5 Å². The predicted octanol–water partition coefficient (Wildman–Crippen LogP) is 2.71. The molecule has 0 bridgehead atoms. The lowest BCUT2D eigenvalue weighted by Crippen LogP contribution is -2.58. The number of nitrogens with one attached hydrogen (secondary N) is 1. The van der Waals surface area contributed by atoms with Gasteiger partial charge in [0.2, 0.25) is 0 Å². The van der Waals surface area contributed by atoms with Gasteiger partial charge in [-0.1, -0.05) is 20.3 Å². The number of rotatable bonds is 7. The van der Waals surface area contributed by atoms with Crippen LogP contribution in [0.25, 0.3) is 0 Å². The van der Waals surface area contributed by atoms with Crippen LogP contribution in [-0.2, 0) is 4.79 Å². The van der Waals surface area contributed by atoms with Crippen molar-refractivity contribution in [1.29, 1.82) is 0 Å². The highest BCUT2D eigenvalue weighted by molar-refractivity contribution is 5.96. The molecule has 0 radical (unpaired) electrons. The van der Waals surface area contributed by atoms with Crippen LogP contribution in [0.4, 0.5) is 4.79 Å². The van der Waals surface area contributed by atoms with Crippen molar-refractivity contribution < 1.29 is 9.59 Å². The fourth-order valence-corrected chi connectivity index (χ4v) is 4.40. The van der Waals surface area contributed by atoms with Crippen LogP contribution in [0, 0.1) is 5.92 Å². The minimum Gasteiger partial charge on any atom is -0.383 e. The molecule has 0 aromatic heterocycles. The van der Waals surface area contributed by atoms with E-state index in [-0.39, 0.29) is 17.9 Å². The Kier molecular flexibility index (Phi) is 8.14. The summed E-state index contributed by atoms with van der Waals surface area (Å²) in [6, 6.07) is 0.556. The third kappa shape index (κ3) is 5.96. The van der Waals surface area contributed by atoms with Crippen molar-refractivity contribution in [2.45, 2.75) is 64.5 Å². The standard InChI is InChI=1S/C21H38N4O2/c1-6-8-10-24(5)21(27)22-18-11-16-13-20(26)17(14-23(3)4)12-19(16)25(15-18)9-7-2/h14,16,18-19H,6-13,15H2,1-5H3,(H,22,27)/t16-,18+,19-/m1/s1. The number of carbonyl (C=O) groups excluding carboxylic acids is 2.